The van der Waals surface area contributed by atoms with E-state index in [1.807, 2.05) is 31.2 Å². The van der Waals surface area contributed by atoms with Gasteiger partial charge in [-0.25, -0.2) is 13.4 Å². The number of benzene rings is 1. The average molecular weight is 311 g/mol. The van der Waals surface area contributed by atoms with E-state index in [0.29, 0.717) is 12.2 Å². The Hall–Kier alpha value is -1.44. The molecular formula is C13H17N3O2S2. The van der Waals surface area contributed by atoms with Gasteiger partial charge in [-0.3, -0.25) is 0 Å². The van der Waals surface area contributed by atoms with Gasteiger partial charge in [-0.15, -0.1) is 0 Å². The first kappa shape index (κ1) is 15.0. The largest absolute Gasteiger partial charge is 0.375 e. The summed E-state index contributed by atoms with van der Waals surface area (Å²) in [6.45, 7) is 3.94. The van der Waals surface area contributed by atoms with Gasteiger partial charge in [0.05, 0.1) is 5.69 Å². The van der Waals surface area contributed by atoms with Gasteiger partial charge in [-0.1, -0.05) is 35.6 Å². The molecule has 7 heteroatoms. The van der Waals surface area contributed by atoms with Gasteiger partial charge in [0.15, 0.2) is 9.34 Å². The fourth-order valence-electron chi connectivity index (χ4n) is 1.90. The van der Waals surface area contributed by atoms with Crippen LogP contribution < -0.4 is 5.73 Å². The maximum absolute atomic E-state index is 12.5. The number of nitrogen functional groups attached to an aromatic ring is 1. The highest BCUT2D eigenvalue weighted by atomic mass is 32.2. The molecule has 2 rings (SSSR count). The number of hydrogen-bond acceptors (Lipinski definition) is 5. The van der Waals surface area contributed by atoms with E-state index in [9.17, 15) is 8.42 Å². The fraction of sp³-hybridized carbons (Fsp3) is 0.308. The molecule has 1 heterocycles. The number of anilines is 1. The van der Waals surface area contributed by atoms with Crippen molar-refractivity contribution in [2.24, 2.45) is 0 Å². The minimum absolute atomic E-state index is 0.214. The van der Waals surface area contributed by atoms with Crippen LogP contribution in [-0.4, -0.2) is 24.8 Å². The van der Waals surface area contributed by atoms with Crippen molar-refractivity contribution in [3.63, 3.8) is 0 Å². The summed E-state index contributed by atoms with van der Waals surface area (Å²) < 4.78 is 26.6. The van der Waals surface area contributed by atoms with Crippen molar-refractivity contribution >= 4 is 26.5 Å². The number of nitrogens with two attached hydrogens (primary N) is 1. The summed E-state index contributed by atoms with van der Waals surface area (Å²) in [5.74, 6) is 0. The predicted molar refractivity (Wildman–Crippen MR) is 81.1 cm³/mol. The lowest BCUT2D eigenvalue weighted by Crippen LogP contribution is -2.26. The van der Waals surface area contributed by atoms with E-state index in [1.165, 1.54) is 4.31 Å². The number of aromatic nitrogens is 1. The molecule has 108 valence electrons. The quantitative estimate of drug-likeness (QED) is 0.939. The maximum Gasteiger partial charge on any atom is 0.254 e. The van der Waals surface area contributed by atoms with Crippen LogP contribution in [0.25, 0.3) is 0 Å². The van der Waals surface area contributed by atoms with E-state index in [2.05, 4.69) is 4.98 Å². The van der Waals surface area contributed by atoms with Crippen LogP contribution >= 0.6 is 11.3 Å². The number of thiazole rings is 1. The molecule has 1 aromatic heterocycles. The topological polar surface area (TPSA) is 76.3 Å². The zero-order chi connectivity index (χ0) is 14.9. The molecular weight excluding hydrogens is 294 g/mol. The molecule has 0 saturated carbocycles. The number of rotatable bonds is 4. The van der Waals surface area contributed by atoms with Gasteiger partial charge in [0.25, 0.3) is 10.0 Å². The Kier molecular flexibility index (Phi) is 4.12. The Labute approximate surface area is 123 Å². The zero-order valence-corrected chi connectivity index (χ0v) is 13.3. The Morgan fingerprint density at radius 1 is 1.30 bits per heavy atom. The van der Waals surface area contributed by atoms with E-state index in [-0.39, 0.29) is 9.34 Å². The zero-order valence-electron chi connectivity index (χ0n) is 11.6. The highest BCUT2D eigenvalue weighted by Crippen LogP contribution is 2.28. The van der Waals surface area contributed by atoms with Crippen molar-refractivity contribution in [1.29, 1.82) is 0 Å². The minimum atomic E-state index is -3.55. The number of hydrogen-bond donors (Lipinski definition) is 1. The first-order valence-corrected chi connectivity index (χ1v) is 8.32. The van der Waals surface area contributed by atoms with Gasteiger partial charge in [0, 0.05) is 13.6 Å². The normalized spacial score (nSPS) is 12.0. The molecule has 0 atom stereocenters. The van der Waals surface area contributed by atoms with Gasteiger partial charge in [-0.05, 0) is 25.0 Å². The summed E-state index contributed by atoms with van der Waals surface area (Å²) in [6.07, 6.45) is 0. The summed E-state index contributed by atoms with van der Waals surface area (Å²) in [4.78, 5) is 3.97. The van der Waals surface area contributed by atoms with Gasteiger partial charge in [-0.2, -0.15) is 4.31 Å². The van der Waals surface area contributed by atoms with Gasteiger partial charge in [0.2, 0.25) is 0 Å². The van der Waals surface area contributed by atoms with E-state index in [1.54, 1.807) is 14.0 Å². The third kappa shape index (κ3) is 2.84. The number of nitrogens with zero attached hydrogens (tertiary/aromatic N) is 2. The second kappa shape index (κ2) is 5.51. The first-order chi connectivity index (χ1) is 9.32. The summed E-state index contributed by atoms with van der Waals surface area (Å²) in [7, 11) is -1.99. The lowest BCUT2D eigenvalue weighted by Gasteiger charge is -2.17. The Bertz CT molecular complexity index is 723. The molecule has 2 aromatic rings. The molecule has 20 heavy (non-hydrogen) atoms. The predicted octanol–water partition coefficient (Wildman–Crippen LogP) is 2.16. The van der Waals surface area contributed by atoms with Crippen LogP contribution in [0.5, 0.6) is 0 Å². The Balaban J connectivity index is 2.31. The van der Waals surface area contributed by atoms with Crippen molar-refractivity contribution < 1.29 is 8.42 Å². The van der Waals surface area contributed by atoms with Crippen molar-refractivity contribution in [3.05, 3.63) is 41.1 Å². The van der Waals surface area contributed by atoms with Crippen molar-refractivity contribution in [2.45, 2.75) is 24.6 Å². The molecule has 0 saturated heterocycles. The van der Waals surface area contributed by atoms with E-state index in [0.717, 1.165) is 22.5 Å². The van der Waals surface area contributed by atoms with Crippen molar-refractivity contribution in [3.8, 4) is 0 Å². The molecule has 0 spiro atoms. The van der Waals surface area contributed by atoms with Crippen LogP contribution in [0.2, 0.25) is 0 Å². The standard InChI is InChI=1S/C13H17N3O2S2/c1-9-6-4-5-7-11(9)8-16(3)20(17,18)12-10(2)15-13(14)19-12/h4-7H,8H2,1-3H3,(H2,14,15). The molecule has 0 unspecified atom stereocenters. The smallest absolute Gasteiger partial charge is 0.254 e. The molecule has 0 aliphatic rings. The van der Waals surface area contributed by atoms with E-state index >= 15 is 0 Å². The molecule has 1 aromatic carbocycles. The number of aryl methyl sites for hydroxylation is 2. The summed E-state index contributed by atoms with van der Waals surface area (Å²) >= 11 is 1.00. The summed E-state index contributed by atoms with van der Waals surface area (Å²) in [5.41, 5.74) is 8.07. The van der Waals surface area contributed by atoms with Crippen LogP contribution in [0, 0.1) is 13.8 Å². The third-order valence-electron chi connectivity index (χ3n) is 3.07. The molecule has 0 fully saturated rings. The second-order valence-corrected chi connectivity index (χ2v) is 7.88. The maximum atomic E-state index is 12.5. The Morgan fingerprint density at radius 2 is 1.95 bits per heavy atom. The van der Waals surface area contributed by atoms with E-state index in [4.69, 9.17) is 5.73 Å². The number of sulfonamides is 1. The highest BCUT2D eigenvalue weighted by molar-refractivity contribution is 7.91. The van der Waals surface area contributed by atoms with Crippen LogP contribution in [0.15, 0.2) is 28.5 Å². The Morgan fingerprint density at radius 3 is 2.50 bits per heavy atom. The molecule has 0 bridgehead atoms. The molecule has 5 nitrogen and oxygen atoms in total. The molecule has 0 radical (unpaired) electrons. The van der Waals surface area contributed by atoms with E-state index < -0.39 is 10.0 Å². The molecule has 0 aliphatic heterocycles. The second-order valence-electron chi connectivity index (χ2n) is 4.61. The van der Waals surface area contributed by atoms with Crippen molar-refractivity contribution in [2.75, 3.05) is 12.8 Å². The van der Waals surface area contributed by atoms with Crippen molar-refractivity contribution in [1.82, 2.24) is 9.29 Å². The first-order valence-electron chi connectivity index (χ1n) is 6.06. The summed E-state index contributed by atoms with van der Waals surface area (Å²) in [6, 6.07) is 7.72. The lowest BCUT2D eigenvalue weighted by atomic mass is 10.1. The van der Waals surface area contributed by atoms with Crippen LogP contribution in [0.1, 0.15) is 16.8 Å². The monoisotopic (exact) mass is 311 g/mol. The van der Waals surface area contributed by atoms with Crippen LogP contribution in [-0.2, 0) is 16.6 Å². The average Bonchev–Trinajstić information content (AvgIpc) is 2.72. The molecule has 2 N–H and O–H groups in total. The highest BCUT2D eigenvalue weighted by Gasteiger charge is 2.26. The molecule has 0 aliphatic carbocycles. The van der Waals surface area contributed by atoms with Gasteiger partial charge < -0.3 is 5.73 Å². The lowest BCUT2D eigenvalue weighted by molar-refractivity contribution is 0.467. The summed E-state index contributed by atoms with van der Waals surface area (Å²) in [5, 5.41) is 0.269. The van der Waals surface area contributed by atoms with Gasteiger partial charge in [0.1, 0.15) is 0 Å². The fourth-order valence-corrected chi connectivity index (χ4v) is 4.53. The molecule has 0 amide bonds. The van der Waals surface area contributed by atoms with Gasteiger partial charge >= 0.3 is 0 Å². The third-order valence-corrected chi connectivity index (χ3v) is 6.45. The van der Waals surface area contributed by atoms with Crippen LogP contribution in [0.4, 0.5) is 5.13 Å². The SMILES string of the molecule is Cc1ccccc1CN(C)S(=O)(=O)c1sc(N)nc1C. The minimum Gasteiger partial charge on any atom is -0.375 e. The van der Waals surface area contributed by atoms with Crippen LogP contribution in [0.3, 0.4) is 0 Å².